The van der Waals surface area contributed by atoms with Crippen LogP contribution in [0.15, 0.2) is 71.6 Å². The van der Waals surface area contributed by atoms with Crippen molar-refractivity contribution in [3.63, 3.8) is 0 Å². The first-order chi connectivity index (χ1) is 25.3. The van der Waals surface area contributed by atoms with Crippen LogP contribution in [0, 0.1) is 51.2 Å². The van der Waals surface area contributed by atoms with Gasteiger partial charge in [-0.05, 0) is 111 Å². The molecule has 4 saturated carbocycles. The molecule has 7 heteroatoms. The third-order valence-electron chi connectivity index (χ3n) is 16.1. The number of carbonyl (C=O) groups is 2. The van der Waals surface area contributed by atoms with Crippen LogP contribution in [0.4, 0.5) is 4.79 Å². The zero-order valence-corrected chi connectivity index (χ0v) is 33.4. The van der Waals surface area contributed by atoms with Gasteiger partial charge in [0.05, 0.1) is 18.2 Å². The number of fused-ring (bicyclic) bond motifs is 1. The SMILES string of the molecule is CC(C)[C@H]1CC[C@H](C)C[C@@H]1OC(=O)N(CCc1cccs1)C[C@]1(O)CC[C@H]2[C@]34C=C[C@@]5(C=C3C(=O)c3ccccc3)CC(O)CC[C@]5(C)[C@H]4CC[C@@]21C. The number of thiophene rings is 1. The minimum atomic E-state index is -1.15. The number of nitrogens with zero attached hydrogens (tertiary/aromatic N) is 1. The number of amides is 1. The third kappa shape index (κ3) is 5.76. The van der Waals surface area contributed by atoms with Crippen molar-refractivity contribution >= 4 is 23.2 Å². The van der Waals surface area contributed by atoms with Crippen LogP contribution < -0.4 is 0 Å². The van der Waals surface area contributed by atoms with Crippen LogP contribution in [0.1, 0.15) is 114 Å². The van der Waals surface area contributed by atoms with E-state index in [0.717, 1.165) is 56.9 Å². The van der Waals surface area contributed by atoms with Crippen LogP contribution in [-0.4, -0.2) is 57.9 Å². The van der Waals surface area contributed by atoms with Crippen molar-refractivity contribution in [2.75, 3.05) is 13.1 Å². The molecule has 7 aliphatic carbocycles. The van der Waals surface area contributed by atoms with Crippen LogP contribution in [0.5, 0.6) is 0 Å². The average Bonchev–Trinajstić information content (AvgIpc) is 3.75. The van der Waals surface area contributed by atoms with Gasteiger partial charge in [-0.2, -0.15) is 0 Å². The Kier molecular flexibility index (Phi) is 9.46. The number of Topliss-reactive ketones (excluding diaryl/α,β-unsaturated/α-hetero) is 1. The molecule has 1 heterocycles. The van der Waals surface area contributed by atoms with Crippen molar-refractivity contribution in [1.29, 1.82) is 0 Å². The van der Waals surface area contributed by atoms with Gasteiger partial charge in [0.1, 0.15) is 6.10 Å². The minimum Gasteiger partial charge on any atom is -0.446 e. The molecule has 2 aromatic rings. The Labute approximate surface area is 321 Å². The van der Waals surface area contributed by atoms with E-state index in [1.54, 1.807) is 11.3 Å². The van der Waals surface area contributed by atoms with Crippen LogP contribution in [0.3, 0.4) is 0 Å². The van der Waals surface area contributed by atoms with E-state index in [1.807, 2.05) is 35.2 Å². The fourth-order valence-corrected chi connectivity index (χ4v) is 13.7. The van der Waals surface area contributed by atoms with Crippen molar-refractivity contribution in [1.82, 2.24) is 4.90 Å². The van der Waals surface area contributed by atoms with Crippen LogP contribution in [-0.2, 0) is 11.2 Å². The maximum atomic E-state index is 14.8. The van der Waals surface area contributed by atoms with Gasteiger partial charge in [0.15, 0.2) is 5.78 Å². The Morgan fingerprint density at radius 3 is 2.42 bits per heavy atom. The number of aliphatic hydroxyl groups is 2. The van der Waals surface area contributed by atoms with Gasteiger partial charge in [0, 0.05) is 38.8 Å². The van der Waals surface area contributed by atoms with Gasteiger partial charge in [0.25, 0.3) is 0 Å². The predicted molar refractivity (Wildman–Crippen MR) is 211 cm³/mol. The van der Waals surface area contributed by atoms with Crippen molar-refractivity contribution in [3.8, 4) is 0 Å². The van der Waals surface area contributed by atoms with Crippen LogP contribution >= 0.6 is 11.3 Å². The Hall–Kier alpha value is -2.74. The van der Waals surface area contributed by atoms with E-state index >= 15 is 0 Å². The molecule has 1 amide bonds. The summed E-state index contributed by atoms with van der Waals surface area (Å²) in [6.07, 6.45) is 15.5. The molecule has 2 bridgehead atoms. The molecule has 1 aromatic heterocycles. The summed E-state index contributed by atoms with van der Waals surface area (Å²) in [5.74, 6) is 1.61. The first kappa shape index (κ1) is 37.2. The van der Waals surface area contributed by atoms with E-state index in [0.29, 0.717) is 42.7 Å². The van der Waals surface area contributed by atoms with Gasteiger partial charge < -0.3 is 19.8 Å². The number of rotatable bonds is 9. The lowest BCUT2D eigenvalue weighted by Gasteiger charge is -2.71. The first-order valence-corrected chi connectivity index (χ1v) is 21.6. The zero-order chi connectivity index (χ0) is 37.4. The second kappa shape index (κ2) is 13.5. The fourth-order valence-electron chi connectivity index (χ4n) is 13.0. The predicted octanol–water partition coefficient (Wildman–Crippen LogP) is 9.66. The van der Waals surface area contributed by atoms with E-state index in [9.17, 15) is 19.8 Å². The molecule has 7 aliphatic rings. The van der Waals surface area contributed by atoms with E-state index in [2.05, 4.69) is 70.4 Å². The van der Waals surface area contributed by atoms with Crippen LogP contribution in [0.25, 0.3) is 0 Å². The molecule has 9 rings (SSSR count). The molecule has 0 aliphatic heterocycles. The summed E-state index contributed by atoms with van der Waals surface area (Å²) in [4.78, 5) is 32.3. The average molecular weight is 740 g/mol. The lowest BCUT2D eigenvalue weighted by atomic mass is 9.32. The number of ether oxygens (including phenoxy) is 1. The lowest BCUT2D eigenvalue weighted by molar-refractivity contribution is -0.175. The summed E-state index contributed by atoms with van der Waals surface area (Å²) in [7, 11) is 0. The minimum absolute atomic E-state index is 0.0237. The largest absolute Gasteiger partial charge is 0.446 e. The molecule has 1 unspecified atom stereocenters. The van der Waals surface area contributed by atoms with Gasteiger partial charge in [-0.3, -0.25) is 4.79 Å². The maximum absolute atomic E-state index is 14.8. The van der Waals surface area contributed by atoms with Crippen molar-refractivity contribution < 1.29 is 24.5 Å². The smallest absolute Gasteiger partial charge is 0.410 e. The Bertz CT molecular complexity index is 1750. The summed E-state index contributed by atoms with van der Waals surface area (Å²) in [6, 6.07) is 13.9. The second-order valence-corrected chi connectivity index (χ2v) is 20.0. The van der Waals surface area contributed by atoms with Gasteiger partial charge in [0.2, 0.25) is 0 Å². The zero-order valence-electron chi connectivity index (χ0n) is 32.6. The molecule has 6 nitrogen and oxygen atoms in total. The summed E-state index contributed by atoms with van der Waals surface area (Å²) in [6.45, 7) is 12.1. The normalized spacial score (nSPS) is 41.3. The monoisotopic (exact) mass is 739 g/mol. The van der Waals surface area contributed by atoms with E-state index in [4.69, 9.17) is 4.74 Å². The Balaban J connectivity index is 1.15. The van der Waals surface area contributed by atoms with Crippen molar-refractivity contribution in [2.24, 2.45) is 51.2 Å². The maximum Gasteiger partial charge on any atom is 0.410 e. The van der Waals surface area contributed by atoms with Gasteiger partial charge in [-0.15, -0.1) is 11.3 Å². The highest BCUT2D eigenvalue weighted by atomic mass is 32.1. The standard InChI is InChI=1S/C46H61NO5S/c1-30(2)35-14-13-31(3)26-37(35)52-41(50)47(24-18-34-12-9-25-53-34)29-45(51)21-17-39-43(45,5)20-16-38-42(4)19-15-33(48)27-44(42)22-23-46(38,39)36(28-44)40(49)32-10-7-6-8-11-32/h6-12,22-23,25,28,30-31,33,35,37-39,48,51H,13-21,24,26-27,29H2,1-5H3/t31-,33?,35+,37-,38+,39+,42+,43-,44-,45+,46+/m0/s1. The summed E-state index contributed by atoms with van der Waals surface area (Å²) < 4.78 is 6.50. The highest BCUT2D eigenvalue weighted by Gasteiger charge is 2.74. The molecule has 286 valence electrons. The summed E-state index contributed by atoms with van der Waals surface area (Å²) in [5, 5.41) is 26.3. The van der Waals surface area contributed by atoms with E-state index in [1.165, 1.54) is 11.3 Å². The highest BCUT2D eigenvalue weighted by Crippen LogP contribution is 2.78. The first-order valence-electron chi connectivity index (χ1n) is 20.7. The van der Waals surface area contributed by atoms with Crippen molar-refractivity contribution in [3.05, 3.63) is 82.1 Å². The molecular formula is C46H61NO5S. The van der Waals surface area contributed by atoms with Crippen molar-refractivity contribution in [2.45, 2.75) is 123 Å². The Morgan fingerprint density at radius 2 is 1.68 bits per heavy atom. The number of allylic oxidation sites excluding steroid dienone is 4. The summed E-state index contributed by atoms with van der Waals surface area (Å²) in [5.41, 5.74) is -1.12. The topological polar surface area (TPSA) is 87.1 Å². The molecule has 0 radical (unpaired) electrons. The van der Waals surface area contributed by atoms with Crippen LogP contribution in [0.2, 0.25) is 0 Å². The number of benzene rings is 1. The Morgan fingerprint density at radius 1 is 0.943 bits per heavy atom. The quantitative estimate of drug-likeness (QED) is 0.198. The molecule has 2 N–H and O–H groups in total. The van der Waals surface area contributed by atoms with E-state index in [-0.39, 0.29) is 53.3 Å². The van der Waals surface area contributed by atoms with E-state index < -0.39 is 16.4 Å². The van der Waals surface area contributed by atoms with Gasteiger partial charge >= 0.3 is 6.09 Å². The molecule has 11 atom stereocenters. The highest BCUT2D eigenvalue weighted by molar-refractivity contribution is 7.09. The molecule has 1 aromatic carbocycles. The van der Waals surface area contributed by atoms with Gasteiger partial charge in [-0.25, -0.2) is 4.79 Å². The number of carbonyl (C=O) groups excluding carboxylic acids is 2. The number of aliphatic hydroxyl groups excluding tert-OH is 1. The fraction of sp³-hybridized carbons (Fsp3) is 0.652. The number of hydrogen-bond donors (Lipinski definition) is 2. The molecule has 53 heavy (non-hydrogen) atoms. The number of hydrogen-bond acceptors (Lipinski definition) is 6. The summed E-state index contributed by atoms with van der Waals surface area (Å²) >= 11 is 1.70. The molecule has 4 fully saturated rings. The number of ketones is 1. The molecule has 2 spiro atoms. The molecule has 0 saturated heterocycles. The second-order valence-electron chi connectivity index (χ2n) is 19.0. The van der Waals surface area contributed by atoms with Gasteiger partial charge in [-0.1, -0.05) is 95.7 Å². The lowest BCUT2D eigenvalue weighted by Crippen LogP contribution is -2.67. The third-order valence-corrected chi connectivity index (χ3v) is 17.1. The molecular weight excluding hydrogens is 679 g/mol.